The molecule has 0 bridgehead atoms. The zero-order valence-electron chi connectivity index (χ0n) is 12.2. The molecule has 0 aliphatic rings. The minimum absolute atomic E-state index is 0.0710. The van der Waals surface area contributed by atoms with Crippen LogP contribution in [0.4, 0.5) is 18.0 Å². The van der Waals surface area contributed by atoms with E-state index < -0.39 is 23.3 Å². The lowest BCUT2D eigenvalue weighted by atomic mass is 10.1. The van der Waals surface area contributed by atoms with Crippen LogP contribution < -0.4 is 5.32 Å². The van der Waals surface area contributed by atoms with Gasteiger partial charge in [-0.2, -0.15) is 0 Å². The van der Waals surface area contributed by atoms with Crippen molar-refractivity contribution in [1.82, 2.24) is 5.32 Å². The molecule has 0 heterocycles. The van der Waals surface area contributed by atoms with Crippen LogP contribution in [0.5, 0.6) is 0 Å². The van der Waals surface area contributed by atoms with Gasteiger partial charge in [0.15, 0.2) is 0 Å². The summed E-state index contributed by atoms with van der Waals surface area (Å²) < 4.78 is 44.0. The predicted octanol–water partition coefficient (Wildman–Crippen LogP) is 3.89. The number of halogens is 3. The molecular weight excluding hydrogens is 283 g/mol. The first kappa shape index (κ1) is 17.1. The van der Waals surface area contributed by atoms with Gasteiger partial charge in [-0.1, -0.05) is 6.07 Å². The molecule has 0 saturated heterocycles. The molecule has 0 atom stereocenters. The highest BCUT2D eigenvalue weighted by Crippen LogP contribution is 2.14. The van der Waals surface area contributed by atoms with Crippen molar-refractivity contribution in [2.24, 2.45) is 0 Å². The molecule has 0 spiro atoms. The Morgan fingerprint density at radius 2 is 2.00 bits per heavy atom. The van der Waals surface area contributed by atoms with Crippen molar-refractivity contribution in [3.63, 3.8) is 0 Å². The molecule has 1 rings (SSSR count). The topological polar surface area (TPSA) is 38.3 Å². The molecular formula is C15H18F3NO2. The molecule has 1 aromatic rings. The van der Waals surface area contributed by atoms with Gasteiger partial charge in [-0.05, 0) is 38.0 Å². The van der Waals surface area contributed by atoms with Gasteiger partial charge < -0.3 is 10.1 Å². The minimum Gasteiger partial charge on any atom is -0.444 e. The zero-order valence-corrected chi connectivity index (χ0v) is 12.2. The van der Waals surface area contributed by atoms with E-state index in [0.717, 1.165) is 12.1 Å². The van der Waals surface area contributed by atoms with Gasteiger partial charge in [0.2, 0.25) is 0 Å². The monoisotopic (exact) mass is 301 g/mol. The van der Waals surface area contributed by atoms with Gasteiger partial charge in [-0.25, -0.2) is 18.0 Å². The van der Waals surface area contributed by atoms with E-state index in [-0.39, 0.29) is 24.1 Å². The summed E-state index contributed by atoms with van der Waals surface area (Å²) >= 11 is 0. The van der Waals surface area contributed by atoms with Crippen LogP contribution in [0.2, 0.25) is 0 Å². The Hall–Kier alpha value is -1.98. The van der Waals surface area contributed by atoms with Crippen molar-refractivity contribution >= 4 is 6.09 Å². The maximum Gasteiger partial charge on any atom is 0.407 e. The Morgan fingerprint density at radius 3 is 2.52 bits per heavy atom. The number of amides is 1. The summed E-state index contributed by atoms with van der Waals surface area (Å²) in [5.74, 6) is -1.46. The summed E-state index contributed by atoms with van der Waals surface area (Å²) in [5, 5.41) is 2.38. The van der Waals surface area contributed by atoms with Crippen molar-refractivity contribution in [2.45, 2.75) is 32.8 Å². The predicted molar refractivity (Wildman–Crippen MR) is 73.5 cm³/mol. The van der Waals surface area contributed by atoms with Gasteiger partial charge in [-0.15, -0.1) is 0 Å². The maximum absolute atomic E-state index is 13.5. The highest BCUT2D eigenvalue weighted by atomic mass is 19.1. The molecule has 0 aliphatic carbocycles. The molecule has 0 aromatic heterocycles. The third kappa shape index (κ3) is 6.33. The average Bonchev–Trinajstić information content (AvgIpc) is 2.34. The molecule has 21 heavy (non-hydrogen) atoms. The molecule has 3 nitrogen and oxygen atoms in total. The summed E-state index contributed by atoms with van der Waals surface area (Å²) in [6.07, 6.45) is -0.472. The van der Waals surface area contributed by atoms with Crippen LogP contribution in [0.3, 0.4) is 0 Å². The van der Waals surface area contributed by atoms with E-state index >= 15 is 0 Å². The van der Waals surface area contributed by atoms with Crippen molar-refractivity contribution in [2.75, 3.05) is 6.54 Å². The lowest BCUT2D eigenvalue weighted by Gasteiger charge is -2.20. The zero-order chi connectivity index (χ0) is 16.0. The van der Waals surface area contributed by atoms with Crippen LogP contribution in [0.15, 0.2) is 30.1 Å². The first-order chi connectivity index (χ1) is 9.71. The number of benzene rings is 1. The van der Waals surface area contributed by atoms with Gasteiger partial charge in [0.05, 0.1) is 6.33 Å². The van der Waals surface area contributed by atoms with E-state index in [0.29, 0.717) is 6.33 Å². The number of ether oxygens (including phenoxy) is 1. The molecule has 6 heteroatoms. The van der Waals surface area contributed by atoms with Crippen molar-refractivity contribution < 1.29 is 22.7 Å². The smallest absolute Gasteiger partial charge is 0.407 e. The summed E-state index contributed by atoms with van der Waals surface area (Å²) in [5.41, 5.74) is -0.370. The van der Waals surface area contributed by atoms with Gasteiger partial charge >= 0.3 is 6.09 Å². The second-order valence-corrected chi connectivity index (χ2v) is 5.54. The second kappa shape index (κ2) is 7.15. The lowest BCUT2D eigenvalue weighted by Crippen LogP contribution is -2.33. The summed E-state index contributed by atoms with van der Waals surface area (Å²) in [6, 6.07) is 3.06. The number of rotatable bonds is 4. The third-order valence-corrected chi connectivity index (χ3v) is 2.45. The van der Waals surface area contributed by atoms with Crippen LogP contribution in [0, 0.1) is 11.6 Å². The highest BCUT2D eigenvalue weighted by molar-refractivity contribution is 5.68. The number of carbonyl (C=O) groups excluding carboxylic acids is 1. The van der Waals surface area contributed by atoms with Crippen LogP contribution in [0.25, 0.3) is 0 Å². The minimum atomic E-state index is -0.758. The van der Waals surface area contributed by atoms with Crippen LogP contribution in [-0.2, 0) is 11.2 Å². The van der Waals surface area contributed by atoms with E-state index in [1.807, 2.05) is 0 Å². The van der Waals surface area contributed by atoms with Gasteiger partial charge in [0, 0.05) is 19.0 Å². The molecule has 0 saturated carbocycles. The molecule has 116 valence electrons. The standard InChI is InChI=1S/C15H18F3NO2/c1-15(2,3)21-14(20)19-9-10(8-16)6-11-4-5-12(17)7-13(11)18/h4-5,7-8H,6,9H2,1-3H3,(H,19,20)/b10-8-. The fraction of sp³-hybridized carbons (Fsp3) is 0.400. The Labute approximate surface area is 121 Å². The number of hydrogen-bond donors (Lipinski definition) is 1. The maximum atomic E-state index is 13.5. The van der Waals surface area contributed by atoms with E-state index in [4.69, 9.17) is 4.74 Å². The van der Waals surface area contributed by atoms with Crippen molar-refractivity contribution in [1.29, 1.82) is 0 Å². The fourth-order valence-electron chi connectivity index (χ4n) is 1.55. The van der Waals surface area contributed by atoms with Crippen LogP contribution in [0.1, 0.15) is 26.3 Å². The molecule has 1 N–H and O–H groups in total. The summed E-state index contributed by atoms with van der Waals surface area (Å²) in [4.78, 5) is 11.4. The highest BCUT2D eigenvalue weighted by Gasteiger charge is 2.16. The number of carbonyl (C=O) groups is 1. The van der Waals surface area contributed by atoms with E-state index in [1.54, 1.807) is 20.8 Å². The number of hydrogen-bond acceptors (Lipinski definition) is 2. The first-order valence-corrected chi connectivity index (χ1v) is 6.40. The summed E-state index contributed by atoms with van der Waals surface area (Å²) in [6.45, 7) is 4.98. The van der Waals surface area contributed by atoms with E-state index in [1.165, 1.54) is 6.07 Å². The first-order valence-electron chi connectivity index (χ1n) is 6.40. The van der Waals surface area contributed by atoms with Gasteiger partial charge in [0.1, 0.15) is 17.2 Å². The Bertz CT molecular complexity index is 536. The van der Waals surface area contributed by atoms with Crippen LogP contribution >= 0.6 is 0 Å². The normalized spacial score (nSPS) is 12.2. The molecule has 1 aromatic carbocycles. The van der Waals surface area contributed by atoms with Crippen LogP contribution in [-0.4, -0.2) is 18.2 Å². The number of nitrogens with one attached hydrogen (secondary N) is 1. The molecule has 0 radical (unpaired) electrons. The van der Waals surface area contributed by atoms with Crippen molar-refractivity contribution in [3.05, 3.63) is 47.3 Å². The SMILES string of the molecule is CC(C)(C)OC(=O)NC/C(=C\F)Cc1ccc(F)cc1F. The number of alkyl carbamates (subject to hydrolysis) is 1. The summed E-state index contributed by atoms with van der Waals surface area (Å²) in [7, 11) is 0. The molecule has 1 amide bonds. The third-order valence-electron chi connectivity index (χ3n) is 2.45. The van der Waals surface area contributed by atoms with Gasteiger partial charge in [-0.3, -0.25) is 0 Å². The Balaban J connectivity index is 2.59. The Morgan fingerprint density at radius 1 is 1.33 bits per heavy atom. The fourth-order valence-corrected chi connectivity index (χ4v) is 1.55. The van der Waals surface area contributed by atoms with E-state index in [2.05, 4.69) is 5.32 Å². The second-order valence-electron chi connectivity index (χ2n) is 5.54. The lowest BCUT2D eigenvalue weighted by molar-refractivity contribution is 0.0532. The van der Waals surface area contributed by atoms with Crippen molar-refractivity contribution in [3.8, 4) is 0 Å². The molecule has 0 aliphatic heterocycles. The van der Waals surface area contributed by atoms with Gasteiger partial charge in [0.25, 0.3) is 0 Å². The largest absolute Gasteiger partial charge is 0.444 e. The average molecular weight is 301 g/mol. The Kier molecular flexibility index (Phi) is 5.81. The quantitative estimate of drug-likeness (QED) is 0.916. The van der Waals surface area contributed by atoms with E-state index in [9.17, 15) is 18.0 Å². The molecule has 0 fully saturated rings. The molecule has 0 unspecified atom stereocenters.